The van der Waals surface area contributed by atoms with Gasteiger partial charge in [-0.3, -0.25) is 9.59 Å². The van der Waals surface area contributed by atoms with Crippen molar-refractivity contribution in [2.45, 2.75) is 25.3 Å². The third-order valence-corrected chi connectivity index (χ3v) is 3.35. The summed E-state index contributed by atoms with van der Waals surface area (Å²) in [6, 6.07) is 2.85. The van der Waals surface area contributed by atoms with Gasteiger partial charge in [0.1, 0.15) is 0 Å². The summed E-state index contributed by atoms with van der Waals surface area (Å²) in [4.78, 5) is 25.4. The van der Waals surface area contributed by atoms with Gasteiger partial charge in [-0.05, 0) is 31.7 Å². The van der Waals surface area contributed by atoms with Crippen LogP contribution in [0.4, 0.5) is 0 Å². The van der Waals surface area contributed by atoms with Crippen LogP contribution in [0, 0.1) is 5.92 Å². The summed E-state index contributed by atoms with van der Waals surface area (Å²) in [5.41, 5.74) is 5.62. The third kappa shape index (κ3) is 3.11. The minimum Gasteiger partial charge on any atom is -0.345 e. The van der Waals surface area contributed by atoms with Crippen molar-refractivity contribution in [3.05, 3.63) is 34.2 Å². The zero-order chi connectivity index (χ0) is 12.5. The van der Waals surface area contributed by atoms with Gasteiger partial charge in [0.25, 0.3) is 5.91 Å². The normalized spacial score (nSPS) is 17.4. The largest absolute Gasteiger partial charge is 0.345 e. The summed E-state index contributed by atoms with van der Waals surface area (Å²) in [6.45, 7) is 2.39. The second-order valence-corrected chi connectivity index (χ2v) is 4.79. The first kappa shape index (κ1) is 14.7. The molecule has 1 aromatic rings. The standard InChI is InChI=1S/C12H17N3O2.ClH/c1-12(7-13,9-3-4-9)15-11(17)8-2-5-10(16)14-6-8;/h2,5-6,9H,3-4,7,13H2,1H3,(H,14,16)(H,15,17);1H. The molecule has 5 nitrogen and oxygen atoms in total. The Bertz CT molecular complexity index is 464. The highest BCUT2D eigenvalue weighted by molar-refractivity contribution is 5.94. The van der Waals surface area contributed by atoms with Crippen molar-refractivity contribution >= 4 is 18.3 Å². The number of hydrogen-bond donors (Lipinski definition) is 3. The molecule has 0 saturated heterocycles. The maximum absolute atomic E-state index is 12.0. The van der Waals surface area contributed by atoms with Crippen LogP contribution >= 0.6 is 12.4 Å². The van der Waals surface area contributed by atoms with Gasteiger partial charge in [0, 0.05) is 18.8 Å². The van der Waals surface area contributed by atoms with Crippen LogP contribution in [-0.2, 0) is 0 Å². The number of carbonyl (C=O) groups is 1. The molecular formula is C12H18ClN3O2. The third-order valence-electron chi connectivity index (χ3n) is 3.35. The van der Waals surface area contributed by atoms with Crippen molar-refractivity contribution in [3.63, 3.8) is 0 Å². The molecule has 0 spiro atoms. The average molecular weight is 272 g/mol. The number of halogens is 1. The molecule has 1 heterocycles. The number of H-pyrrole nitrogens is 1. The van der Waals surface area contributed by atoms with Gasteiger partial charge >= 0.3 is 0 Å². The van der Waals surface area contributed by atoms with Crippen LogP contribution in [-0.4, -0.2) is 23.0 Å². The average Bonchev–Trinajstić information content (AvgIpc) is 3.13. The summed E-state index contributed by atoms with van der Waals surface area (Å²) in [5, 5.41) is 2.95. The number of nitrogens with one attached hydrogen (secondary N) is 2. The number of rotatable bonds is 4. The van der Waals surface area contributed by atoms with E-state index in [0.717, 1.165) is 12.8 Å². The summed E-state index contributed by atoms with van der Waals surface area (Å²) >= 11 is 0. The van der Waals surface area contributed by atoms with Crippen LogP contribution in [0.25, 0.3) is 0 Å². The molecule has 0 aromatic carbocycles. The van der Waals surface area contributed by atoms with Gasteiger partial charge in [-0.15, -0.1) is 12.4 Å². The van der Waals surface area contributed by atoms with E-state index < -0.39 is 0 Å². The zero-order valence-electron chi connectivity index (χ0n) is 10.2. The quantitative estimate of drug-likeness (QED) is 0.751. The van der Waals surface area contributed by atoms with E-state index in [2.05, 4.69) is 10.3 Å². The molecule has 1 atom stereocenters. The molecule has 1 amide bonds. The van der Waals surface area contributed by atoms with Crippen LogP contribution in [0.3, 0.4) is 0 Å². The van der Waals surface area contributed by atoms with E-state index in [4.69, 9.17) is 5.73 Å². The molecule has 1 aromatic heterocycles. The van der Waals surface area contributed by atoms with Gasteiger partial charge < -0.3 is 16.0 Å². The Hall–Kier alpha value is -1.33. The molecule has 0 aliphatic heterocycles. The fraction of sp³-hybridized carbons (Fsp3) is 0.500. The number of aromatic amines is 1. The van der Waals surface area contributed by atoms with E-state index >= 15 is 0 Å². The first-order valence-corrected chi connectivity index (χ1v) is 5.76. The number of aromatic nitrogens is 1. The summed E-state index contributed by atoms with van der Waals surface area (Å²) in [6.07, 6.45) is 3.64. The minimum absolute atomic E-state index is 0. The number of amides is 1. The van der Waals surface area contributed by atoms with Gasteiger partial charge in [-0.2, -0.15) is 0 Å². The highest BCUT2D eigenvalue weighted by Gasteiger charge is 2.41. The van der Waals surface area contributed by atoms with Crippen LogP contribution in [0.2, 0.25) is 0 Å². The number of hydrogen-bond acceptors (Lipinski definition) is 3. The highest BCUT2D eigenvalue weighted by atomic mass is 35.5. The van der Waals surface area contributed by atoms with E-state index in [0.29, 0.717) is 18.0 Å². The molecule has 100 valence electrons. The van der Waals surface area contributed by atoms with Crippen LogP contribution < -0.4 is 16.6 Å². The summed E-state index contributed by atoms with van der Waals surface area (Å²) < 4.78 is 0. The SMILES string of the molecule is CC(CN)(NC(=O)c1ccc(=O)[nH]c1)C1CC1.Cl. The summed E-state index contributed by atoms with van der Waals surface area (Å²) in [7, 11) is 0. The highest BCUT2D eigenvalue weighted by Crippen LogP contribution is 2.39. The molecule has 1 aliphatic rings. The Morgan fingerprint density at radius 2 is 2.22 bits per heavy atom. The van der Waals surface area contributed by atoms with Gasteiger partial charge in [0.15, 0.2) is 0 Å². The fourth-order valence-corrected chi connectivity index (χ4v) is 1.92. The molecule has 18 heavy (non-hydrogen) atoms. The van der Waals surface area contributed by atoms with Crippen molar-refractivity contribution < 1.29 is 4.79 Å². The number of carbonyl (C=O) groups excluding carboxylic acids is 1. The predicted molar refractivity (Wildman–Crippen MR) is 72.0 cm³/mol. The number of pyridine rings is 1. The van der Waals surface area contributed by atoms with Crippen molar-refractivity contribution in [1.82, 2.24) is 10.3 Å². The van der Waals surface area contributed by atoms with Crippen molar-refractivity contribution in [3.8, 4) is 0 Å². The molecule has 4 N–H and O–H groups in total. The second kappa shape index (κ2) is 5.54. The van der Waals surface area contributed by atoms with E-state index in [1.54, 1.807) is 0 Å². The minimum atomic E-state index is -0.340. The first-order valence-electron chi connectivity index (χ1n) is 5.76. The monoisotopic (exact) mass is 271 g/mol. The van der Waals surface area contributed by atoms with E-state index in [-0.39, 0.29) is 29.4 Å². The second-order valence-electron chi connectivity index (χ2n) is 4.79. The van der Waals surface area contributed by atoms with Gasteiger partial charge in [0.05, 0.1) is 11.1 Å². The Labute approximate surface area is 112 Å². The zero-order valence-corrected chi connectivity index (χ0v) is 11.0. The lowest BCUT2D eigenvalue weighted by atomic mass is 9.95. The fourth-order valence-electron chi connectivity index (χ4n) is 1.92. The van der Waals surface area contributed by atoms with Gasteiger partial charge in [-0.25, -0.2) is 0 Å². The van der Waals surface area contributed by atoms with E-state index in [1.165, 1.54) is 18.3 Å². The predicted octanol–water partition coefficient (Wildman–Crippen LogP) is 0.654. The molecule has 6 heteroatoms. The molecule has 2 rings (SSSR count). The maximum atomic E-state index is 12.0. The molecule has 0 radical (unpaired) electrons. The molecule has 1 fully saturated rings. The maximum Gasteiger partial charge on any atom is 0.253 e. The van der Waals surface area contributed by atoms with Crippen LogP contribution in [0.15, 0.2) is 23.1 Å². The van der Waals surface area contributed by atoms with Gasteiger partial charge in [0.2, 0.25) is 5.56 Å². The van der Waals surface area contributed by atoms with Crippen molar-refractivity contribution in [1.29, 1.82) is 0 Å². The lowest BCUT2D eigenvalue weighted by Gasteiger charge is -2.29. The van der Waals surface area contributed by atoms with Crippen molar-refractivity contribution in [2.75, 3.05) is 6.54 Å². The topological polar surface area (TPSA) is 88.0 Å². The van der Waals surface area contributed by atoms with Crippen LogP contribution in [0.5, 0.6) is 0 Å². The molecule has 0 bridgehead atoms. The van der Waals surface area contributed by atoms with Gasteiger partial charge in [-0.1, -0.05) is 0 Å². The lowest BCUT2D eigenvalue weighted by Crippen LogP contribution is -2.53. The summed E-state index contributed by atoms with van der Waals surface area (Å²) in [5.74, 6) is 0.278. The Morgan fingerprint density at radius 3 is 2.67 bits per heavy atom. The first-order chi connectivity index (χ1) is 8.05. The smallest absolute Gasteiger partial charge is 0.253 e. The Kier molecular flexibility index (Phi) is 4.53. The van der Waals surface area contributed by atoms with Crippen molar-refractivity contribution in [2.24, 2.45) is 11.7 Å². The lowest BCUT2D eigenvalue weighted by molar-refractivity contribution is 0.0897. The number of nitrogens with two attached hydrogens (primary N) is 1. The molecular weight excluding hydrogens is 254 g/mol. The molecule has 1 saturated carbocycles. The Morgan fingerprint density at radius 1 is 1.56 bits per heavy atom. The Balaban J connectivity index is 0.00000162. The van der Waals surface area contributed by atoms with E-state index in [1.807, 2.05) is 6.92 Å². The van der Waals surface area contributed by atoms with E-state index in [9.17, 15) is 9.59 Å². The molecule has 1 aliphatic carbocycles. The van der Waals surface area contributed by atoms with Crippen LogP contribution in [0.1, 0.15) is 30.1 Å². The molecule has 1 unspecified atom stereocenters.